The molecule has 108 valence electrons. The van der Waals surface area contributed by atoms with Crippen LogP contribution in [-0.2, 0) is 9.84 Å². The van der Waals surface area contributed by atoms with Gasteiger partial charge in [0.1, 0.15) is 12.4 Å². The summed E-state index contributed by atoms with van der Waals surface area (Å²) in [6.45, 7) is 1.98. The highest BCUT2D eigenvalue weighted by Crippen LogP contribution is 2.28. The van der Waals surface area contributed by atoms with E-state index in [0.29, 0.717) is 23.4 Å². The fraction of sp³-hybridized carbons (Fsp3) is 0.357. The predicted octanol–water partition coefficient (Wildman–Crippen LogP) is 2.02. The van der Waals surface area contributed by atoms with Crippen LogP contribution < -0.4 is 10.5 Å². The molecule has 0 saturated heterocycles. The Bertz CT molecular complexity index is 699. The molecule has 1 heterocycles. The van der Waals surface area contributed by atoms with Gasteiger partial charge in [0.25, 0.3) is 0 Å². The van der Waals surface area contributed by atoms with Gasteiger partial charge in [-0.1, -0.05) is 6.92 Å². The van der Waals surface area contributed by atoms with E-state index in [1.165, 1.54) is 0 Å². The van der Waals surface area contributed by atoms with Crippen molar-refractivity contribution in [1.29, 1.82) is 0 Å². The molecule has 2 N–H and O–H groups in total. The van der Waals surface area contributed by atoms with Gasteiger partial charge in [-0.25, -0.2) is 8.42 Å². The lowest BCUT2D eigenvalue weighted by atomic mass is 10.2. The maximum Gasteiger partial charge on any atom is 0.153 e. The molecule has 2 rings (SSSR count). The number of pyridine rings is 1. The number of nitrogens with zero attached hydrogens (tertiary/aromatic N) is 1. The highest BCUT2D eigenvalue weighted by atomic mass is 32.2. The third kappa shape index (κ3) is 3.39. The van der Waals surface area contributed by atoms with Gasteiger partial charge in [-0.3, -0.25) is 4.98 Å². The highest BCUT2D eigenvalue weighted by molar-refractivity contribution is 7.91. The lowest BCUT2D eigenvalue weighted by molar-refractivity contribution is 0.345. The van der Waals surface area contributed by atoms with E-state index in [1.54, 1.807) is 24.4 Å². The molecule has 6 heteroatoms. The second kappa shape index (κ2) is 6.09. The van der Waals surface area contributed by atoms with E-state index >= 15 is 0 Å². The average molecular weight is 294 g/mol. The minimum absolute atomic E-state index is 0.0208. The number of sulfone groups is 1. The maximum atomic E-state index is 11.6. The molecule has 0 bridgehead atoms. The molecule has 20 heavy (non-hydrogen) atoms. The van der Waals surface area contributed by atoms with Crippen LogP contribution in [0.25, 0.3) is 10.9 Å². The Morgan fingerprint density at radius 3 is 2.80 bits per heavy atom. The van der Waals surface area contributed by atoms with E-state index in [4.69, 9.17) is 10.5 Å². The van der Waals surface area contributed by atoms with Crippen molar-refractivity contribution in [2.75, 3.05) is 23.8 Å². The Morgan fingerprint density at radius 2 is 2.05 bits per heavy atom. The summed E-state index contributed by atoms with van der Waals surface area (Å²) in [5.74, 6) is 0.821. The number of rotatable bonds is 6. The first kappa shape index (κ1) is 14.6. The van der Waals surface area contributed by atoms with E-state index in [9.17, 15) is 8.42 Å². The molecular formula is C14H18N2O3S. The standard InChI is InChI=1S/C14H18N2O3S/c1-2-9-20(17,18)10-8-19-13-6-5-12(15)14-11(13)4-3-7-16-14/h3-7H,2,8-10,15H2,1H3. The van der Waals surface area contributed by atoms with Crippen LogP contribution in [0.3, 0.4) is 0 Å². The van der Waals surface area contributed by atoms with Gasteiger partial charge < -0.3 is 10.5 Å². The van der Waals surface area contributed by atoms with Crippen LogP contribution in [0, 0.1) is 0 Å². The molecule has 5 nitrogen and oxygen atoms in total. The van der Waals surface area contributed by atoms with Crippen molar-refractivity contribution in [3.05, 3.63) is 30.5 Å². The van der Waals surface area contributed by atoms with Crippen LogP contribution in [0.2, 0.25) is 0 Å². The number of ether oxygens (including phenoxy) is 1. The summed E-state index contributed by atoms with van der Waals surface area (Å²) in [6, 6.07) is 7.11. The number of hydrogen-bond acceptors (Lipinski definition) is 5. The molecule has 0 aliphatic heterocycles. The van der Waals surface area contributed by atoms with Gasteiger partial charge >= 0.3 is 0 Å². The monoisotopic (exact) mass is 294 g/mol. The number of benzene rings is 1. The number of fused-ring (bicyclic) bond motifs is 1. The molecule has 0 unspecified atom stereocenters. The Labute approximate surface area is 118 Å². The van der Waals surface area contributed by atoms with Crippen LogP contribution >= 0.6 is 0 Å². The van der Waals surface area contributed by atoms with Crippen molar-refractivity contribution in [2.24, 2.45) is 0 Å². The first-order chi connectivity index (χ1) is 9.53. The SMILES string of the molecule is CCCS(=O)(=O)CCOc1ccc(N)c2ncccc12. The van der Waals surface area contributed by atoms with Crippen LogP contribution in [0.1, 0.15) is 13.3 Å². The largest absolute Gasteiger partial charge is 0.492 e. The molecule has 0 fully saturated rings. The van der Waals surface area contributed by atoms with Crippen LogP contribution in [0.5, 0.6) is 5.75 Å². The molecule has 2 aromatic rings. The highest BCUT2D eigenvalue weighted by Gasteiger charge is 2.11. The zero-order valence-electron chi connectivity index (χ0n) is 11.4. The lowest BCUT2D eigenvalue weighted by Crippen LogP contribution is -2.16. The van der Waals surface area contributed by atoms with Gasteiger partial charge in [-0.05, 0) is 30.7 Å². The molecule has 0 aliphatic rings. The van der Waals surface area contributed by atoms with Crippen molar-refractivity contribution in [2.45, 2.75) is 13.3 Å². The zero-order valence-corrected chi connectivity index (χ0v) is 12.2. The summed E-state index contributed by atoms with van der Waals surface area (Å²) in [6.07, 6.45) is 2.28. The molecule has 0 saturated carbocycles. The Hall–Kier alpha value is -1.82. The van der Waals surface area contributed by atoms with Gasteiger partial charge in [0.2, 0.25) is 0 Å². The lowest BCUT2D eigenvalue weighted by Gasteiger charge is -2.10. The number of nitrogen functional groups attached to an aromatic ring is 1. The molecule has 1 aromatic heterocycles. The van der Waals surface area contributed by atoms with E-state index in [0.717, 1.165) is 5.39 Å². The number of hydrogen-bond donors (Lipinski definition) is 1. The van der Waals surface area contributed by atoms with E-state index in [2.05, 4.69) is 4.98 Å². The molecular weight excluding hydrogens is 276 g/mol. The summed E-state index contributed by atoms with van der Waals surface area (Å²) < 4.78 is 28.8. The molecule has 0 radical (unpaired) electrons. The van der Waals surface area contributed by atoms with Crippen LogP contribution in [0.15, 0.2) is 30.5 Å². The number of anilines is 1. The smallest absolute Gasteiger partial charge is 0.153 e. The quantitative estimate of drug-likeness (QED) is 0.824. The zero-order chi connectivity index (χ0) is 14.6. The second-order valence-corrected chi connectivity index (χ2v) is 6.86. The van der Waals surface area contributed by atoms with Crippen LogP contribution in [-0.4, -0.2) is 31.5 Å². The number of nitrogens with two attached hydrogens (primary N) is 1. The fourth-order valence-electron chi connectivity index (χ4n) is 1.99. The van der Waals surface area contributed by atoms with Crippen molar-refractivity contribution in [3.63, 3.8) is 0 Å². The van der Waals surface area contributed by atoms with Crippen molar-refractivity contribution < 1.29 is 13.2 Å². The third-order valence-corrected chi connectivity index (χ3v) is 4.75. The summed E-state index contributed by atoms with van der Waals surface area (Å²) >= 11 is 0. The van der Waals surface area contributed by atoms with Crippen molar-refractivity contribution in [3.8, 4) is 5.75 Å². The summed E-state index contributed by atoms with van der Waals surface area (Å²) in [7, 11) is -3.03. The van der Waals surface area contributed by atoms with Gasteiger partial charge in [0, 0.05) is 11.6 Å². The Kier molecular flexibility index (Phi) is 4.44. The van der Waals surface area contributed by atoms with Gasteiger partial charge in [-0.15, -0.1) is 0 Å². The van der Waals surface area contributed by atoms with Gasteiger partial charge in [-0.2, -0.15) is 0 Å². The first-order valence-electron chi connectivity index (χ1n) is 6.50. The fourth-order valence-corrected chi connectivity index (χ4v) is 3.15. The van der Waals surface area contributed by atoms with Gasteiger partial charge in [0.05, 0.1) is 22.7 Å². The Balaban J connectivity index is 2.13. The van der Waals surface area contributed by atoms with E-state index in [1.807, 2.05) is 13.0 Å². The summed E-state index contributed by atoms with van der Waals surface area (Å²) in [5.41, 5.74) is 7.09. The van der Waals surface area contributed by atoms with E-state index in [-0.39, 0.29) is 18.1 Å². The molecule has 0 amide bonds. The van der Waals surface area contributed by atoms with Crippen molar-refractivity contribution in [1.82, 2.24) is 4.98 Å². The second-order valence-electron chi connectivity index (χ2n) is 4.55. The first-order valence-corrected chi connectivity index (χ1v) is 8.32. The molecule has 1 aromatic carbocycles. The predicted molar refractivity (Wildman–Crippen MR) is 80.6 cm³/mol. The minimum Gasteiger partial charge on any atom is -0.492 e. The normalized spacial score (nSPS) is 11.7. The molecule has 0 atom stereocenters. The third-order valence-electron chi connectivity index (χ3n) is 2.93. The molecule has 0 spiro atoms. The summed E-state index contributed by atoms with van der Waals surface area (Å²) in [5, 5.41) is 0.792. The van der Waals surface area contributed by atoms with Crippen LogP contribution in [0.4, 0.5) is 5.69 Å². The molecule has 0 aliphatic carbocycles. The van der Waals surface area contributed by atoms with E-state index < -0.39 is 9.84 Å². The summed E-state index contributed by atoms with van der Waals surface area (Å²) in [4.78, 5) is 4.20. The van der Waals surface area contributed by atoms with Crippen molar-refractivity contribution >= 4 is 26.4 Å². The maximum absolute atomic E-state index is 11.6. The Morgan fingerprint density at radius 1 is 1.25 bits per heavy atom. The number of aromatic nitrogens is 1. The topological polar surface area (TPSA) is 82.3 Å². The average Bonchev–Trinajstić information content (AvgIpc) is 2.41. The minimum atomic E-state index is -3.03. The van der Waals surface area contributed by atoms with Gasteiger partial charge in [0.15, 0.2) is 9.84 Å².